The summed E-state index contributed by atoms with van der Waals surface area (Å²) in [7, 11) is 0. The van der Waals surface area contributed by atoms with Gasteiger partial charge < -0.3 is 5.73 Å². The minimum absolute atomic E-state index is 0.679. The topological polar surface area (TPSA) is 26.0 Å². The molecular formula is C11H15NS. The molecule has 0 aliphatic heterocycles. The summed E-state index contributed by atoms with van der Waals surface area (Å²) >= 11 is 1.73. The number of nitrogens with two attached hydrogens (primary N) is 1. The van der Waals surface area contributed by atoms with Gasteiger partial charge >= 0.3 is 0 Å². The van der Waals surface area contributed by atoms with Crippen molar-refractivity contribution < 1.29 is 0 Å². The SMILES string of the molecule is NCSc1ccc2c(c1)CCCC2. The molecule has 0 atom stereocenters. The fraction of sp³-hybridized carbons (Fsp3) is 0.455. The van der Waals surface area contributed by atoms with Crippen LogP contribution in [0.5, 0.6) is 0 Å². The zero-order valence-corrected chi connectivity index (χ0v) is 8.57. The van der Waals surface area contributed by atoms with E-state index < -0.39 is 0 Å². The number of benzene rings is 1. The van der Waals surface area contributed by atoms with Crippen LogP contribution in [0, 0.1) is 0 Å². The third-order valence-electron chi connectivity index (χ3n) is 2.57. The van der Waals surface area contributed by atoms with Gasteiger partial charge in [-0.3, -0.25) is 0 Å². The zero-order valence-electron chi connectivity index (χ0n) is 7.75. The number of hydrogen-bond donors (Lipinski definition) is 1. The number of fused-ring (bicyclic) bond motifs is 1. The number of rotatable bonds is 2. The number of thioether (sulfide) groups is 1. The van der Waals surface area contributed by atoms with Crippen molar-refractivity contribution in [2.24, 2.45) is 5.73 Å². The maximum absolute atomic E-state index is 5.50. The predicted molar refractivity (Wildman–Crippen MR) is 58.0 cm³/mol. The monoisotopic (exact) mass is 193 g/mol. The third kappa shape index (κ3) is 2.06. The second-order valence-corrected chi connectivity index (χ2v) is 4.54. The number of aryl methyl sites for hydroxylation is 2. The molecule has 0 bridgehead atoms. The molecule has 0 amide bonds. The van der Waals surface area contributed by atoms with Crippen molar-refractivity contribution in [1.82, 2.24) is 0 Å². The standard InChI is InChI=1S/C11H15NS/c12-8-13-11-6-5-9-3-1-2-4-10(9)7-11/h5-7H,1-4,8,12H2. The van der Waals surface area contributed by atoms with Gasteiger partial charge in [-0.1, -0.05) is 6.07 Å². The average Bonchev–Trinajstić information content (AvgIpc) is 2.18. The Morgan fingerprint density at radius 2 is 1.92 bits per heavy atom. The van der Waals surface area contributed by atoms with Gasteiger partial charge in [0.25, 0.3) is 0 Å². The van der Waals surface area contributed by atoms with Gasteiger partial charge in [-0.2, -0.15) is 0 Å². The Morgan fingerprint density at radius 1 is 1.15 bits per heavy atom. The van der Waals surface area contributed by atoms with E-state index in [4.69, 9.17) is 5.73 Å². The van der Waals surface area contributed by atoms with Crippen LogP contribution in [0.1, 0.15) is 24.0 Å². The van der Waals surface area contributed by atoms with Crippen LogP contribution in [0.25, 0.3) is 0 Å². The first-order valence-corrected chi connectivity index (χ1v) is 5.83. The lowest BCUT2D eigenvalue weighted by Crippen LogP contribution is -2.02. The van der Waals surface area contributed by atoms with E-state index in [0.717, 1.165) is 0 Å². The van der Waals surface area contributed by atoms with E-state index >= 15 is 0 Å². The fourth-order valence-corrected chi connectivity index (χ4v) is 2.48. The third-order valence-corrected chi connectivity index (χ3v) is 3.32. The van der Waals surface area contributed by atoms with E-state index in [9.17, 15) is 0 Å². The normalized spacial score (nSPS) is 15.5. The largest absolute Gasteiger partial charge is 0.322 e. The van der Waals surface area contributed by atoms with Gasteiger partial charge in [0.1, 0.15) is 0 Å². The Balaban J connectivity index is 2.24. The molecule has 0 spiro atoms. The van der Waals surface area contributed by atoms with Crippen molar-refractivity contribution in [3.8, 4) is 0 Å². The van der Waals surface area contributed by atoms with Crippen LogP contribution in [-0.4, -0.2) is 5.88 Å². The molecule has 0 fully saturated rings. The summed E-state index contributed by atoms with van der Waals surface area (Å²) in [6.45, 7) is 0. The highest BCUT2D eigenvalue weighted by Crippen LogP contribution is 2.26. The van der Waals surface area contributed by atoms with Gasteiger partial charge in [0.2, 0.25) is 0 Å². The van der Waals surface area contributed by atoms with Crippen molar-refractivity contribution in [2.75, 3.05) is 5.88 Å². The lowest BCUT2D eigenvalue weighted by Gasteiger charge is -2.16. The van der Waals surface area contributed by atoms with Crippen molar-refractivity contribution in [2.45, 2.75) is 30.6 Å². The minimum atomic E-state index is 0.679. The summed E-state index contributed by atoms with van der Waals surface area (Å²) in [5, 5.41) is 0. The Morgan fingerprint density at radius 3 is 2.69 bits per heavy atom. The zero-order chi connectivity index (χ0) is 9.10. The van der Waals surface area contributed by atoms with Crippen LogP contribution in [-0.2, 0) is 12.8 Å². The molecule has 1 aromatic carbocycles. The van der Waals surface area contributed by atoms with Gasteiger partial charge in [-0.05, 0) is 48.9 Å². The molecule has 0 aromatic heterocycles. The van der Waals surface area contributed by atoms with Crippen molar-refractivity contribution in [3.63, 3.8) is 0 Å². The molecule has 2 heteroatoms. The molecule has 0 heterocycles. The van der Waals surface area contributed by atoms with E-state index in [-0.39, 0.29) is 0 Å². The van der Waals surface area contributed by atoms with E-state index in [1.807, 2.05) is 0 Å². The van der Waals surface area contributed by atoms with Crippen LogP contribution < -0.4 is 5.73 Å². The fourth-order valence-electron chi connectivity index (χ4n) is 1.90. The van der Waals surface area contributed by atoms with Crippen LogP contribution in [0.15, 0.2) is 23.1 Å². The van der Waals surface area contributed by atoms with Gasteiger partial charge in [0.05, 0.1) is 0 Å². The van der Waals surface area contributed by atoms with Gasteiger partial charge in [0, 0.05) is 10.8 Å². The molecule has 0 saturated carbocycles. The van der Waals surface area contributed by atoms with Crippen molar-refractivity contribution in [1.29, 1.82) is 0 Å². The molecule has 0 radical (unpaired) electrons. The summed E-state index contributed by atoms with van der Waals surface area (Å²) in [5.41, 5.74) is 8.59. The maximum Gasteiger partial charge on any atom is 0.0440 e. The summed E-state index contributed by atoms with van der Waals surface area (Å²) in [4.78, 5) is 1.32. The number of hydrogen-bond acceptors (Lipinski definition) is 2. The second kappa shape index (κ2) is 4.16. The van der Waals surface area contributed by atoms with Gasteiger partial charge in [-0.25, -0.2) is 0 Å². The first-order valence-electron chi connectivity index (χ1n) is 4.85. The maximum atomic E-state index is 5.50. The van der Waals surface area contributed by atoms with E-state index in [1.165, 1.54) is 30.6 Å². The molecular weight excluding hydrogens is 178 g/mol. The molecule has 1 aliphatic rings. The summed E-state index contributed by atoms with van der Waals surface area (Å²) in [6, 6.07) is 6.78. The Kier molecular flexibility index (Phi) is 2.91. The highest BCUT2D eigenvalue weighted by molar-refractivity contribution is 7.99. The lowest BCUT2D eigenvalue weighted by molar-refractivity contribution is 0.683. The van der Waals surface area contributed by atoms with Crippen LogP contribution in [0.3, 0.4) is 0 Å². The molecule has 0 saturated heterocycles. The van der Waals surface area contributed by atoms with E-state index in [2.05, 4.69) is 18.2 Å². The molecule has 2 N–H and O–H groups in total. The molecule has 13 heavy (non-hydrogen) atoms. The first kappa shape index (κ1) is 9.10. The van der Waals surface area contributed by atoms with Crippen LogP contribution in [0.2, 0.25) is 0 Å². The summed E-state index contributed by atoms with van der Waals surface area (Å²) < 4.78 is 0. The second-order valence-electron chi connectivity index (χ2n) is 3.45. The average molecular weight is 193 g/mol. The highest BCUT2D eigenvalue weighted by atomic mass is 32.2. The molecule has 1 nitrogen and oxygen atoms in total. The molecule has 2 rings (SSSR count). The smallest absolute Gasteiger partial charge is 0.0440 e. The van der Waals surface area contributed by atoms with Gasteiger partial charge in [0.15, 0.2) is 0 Å². The Bertz CT molecular complexity index is 296. The Hall–Kier alpha value is -0.470. The minimum Gasteiger partial charge on any atom is -0.322 e. The lowest BCUT2D eigenvalue weighted by atomic mass is 9.92. The predicted octanol–water partition coefficient (Wildman–Crippen LogP) is 2.57. The van der Waals surface area contributed by atoms with Gasteiger partial charge in [-0.15, -0.1) is 11.8 Å². The molecule has 1 aliphatic carbocycles. The molecule has 70 valence electrons. The summed E-state index contributed by atoms with van der Waals surface area (Å²) in [6.07, 6.45) is 5.23. The first-order chi connectivity index (χ1) is 6.40. The van der Waals surface area contributed by atoms with Crippen molar-refractivity contribution >= 4 is 11.8 Å². The highest BCUT2D eigenvalue weighted by Gasteiger charge is 2.08. The van der Waals surface area contributed by atoms with Crippen LogP contribution >= 0.6 is 11.8 Å². The van der Waals surface area contributed by atoms with Crippen LogP contribution in [0.4, 0.5) is 0 Å². The van der Waals surface area contributed by atoms with E-state index in [1.54, 1.807) is 22.9 Å². The van der Waals surface area contributed by atoms with E-state index in [0.29, 0.717) is 5.88 Å². The molecule has 1 aromatic rings. The summed E-state index contributed by atoms with van der Waals surface area (Å²) in [5.74, 6) is 0.679. The van der Waals surface area contributed by atoms with Crippen molar-refractivity contribution in [3.05, 3.63) is 29.3 Å². The quantitative estimate of drug-likeness (QED) is 0.577. The Labute approximate surface area is 83.7 Å². The molecule has 0 unspecified atom stereocenters.